The molecule has 0 spiro atoms. The molecule has 1 aromatic carbocycles. The second kappa shape index (κ2) is 6.23. The zero-order valence-electron chi connectivity index (χ0n) is 7.97. The second-order valence-electron chi connectivity index (χ2n) is 3.07. The average molecular weight is 238 g/mol. The van der Waals surface area contributed by atoms with Crippen LogP contribution in [0.1, 0.15) is 31.4 Å². The second-order valence-corrected chi connectivity index (χ2v) is 3.48. The Bertz CT molecular complexity index is 291. The molecule has 1 rings (SSSR count). The molecule has 0 bridgehead atoms. The van der Waals surface area contributed by atoms with Crippen LogP contribution in [0.25, 0.3) is 0 Å². The summed E-state index contributed by atoms with van der Waals surface area (Å²) in [5.41, 5.74) is 6.62. The zero-order valence-corrected chi connectivity index (χ0v) is 9.54. The molecule has 0 aromatic heterocycles. The lowest BCUT2D eigenvalue weighted by molar-refractivity contribution is 0.605. The van der Waals surface area contributed by atoms with Gasteiger partial charge in [-0.05, 0) is 24.1 Å². The van der Waals surface area contributed by atoms with Crippen LogP contribution in [0.3, 0.4) is 0 Å². The van der Waals surface area contributed by atoms with Crippen molar-refractivity contribution in [2.24, 2.45) is 5.73 Å². The maximum atomic E-state index is 13.0. The molecule has 1 aromatic rings. The van der Waals surface area contributed by atoms with E-state index in [1.807, 2.05) is 6.92 Å². The van der Waals surface area contributed by atoms with E-state index >= 15 is 0 Å². The minimum atomic E-state index is -0.397. The normalized spacial score (nSPS) is 12.0. The van der Waals surface area contributed by atoms with E-state index in [-0.39, 0.29) is 23.5 Å². The van der Waals surface area contributed by atoms with Gasteiger partial charge in [0.2, 0.25) is 0 Å². The summed E-state index contributed by atoms with van der Waals surface area (Å²) in [6.45, 7) is 2.05. The van der Waals surface area contributed by atoms with Gasteiger partial charge in [0, 0.05) is 6.04 Å². The number of hydrogen-bond donors (Lipinski definition) is 1. The van der Waals surface area contributed by atoms with E-state index in [9.17, 15) is 4.39 Å². The van der Waals surface area contributed by atoms with Crippen molar-refractivity contribution in [3.8, 4) is 0 Å². The van der Waals surface area contributed by atoms with Crippen LogP contribution in [-0.2, 0) is 0 Å². The first-order valence-corrected chi connectivity index (χ1v) is 4.73. The van der Waals surface area contributed by atoms with Gasteiger partial charge in [0.15, 0.2) is 0 Å². The van der Waals surface area contributed by atoms with Crippen molar-refractivity contribution in [1.29, 1.82) is 0 Å². The predicted molar refractivity (Wildman–Crippen MR) is 60.5 cm³/mol. The van der Waals surface area contributed by atoms with E-state index < -0.39 is 5.82 Å². The quantitative estimate of drug-likeness (QED) is 0.853. The van der Waals surface area contributed by atoms with Crippen molar-refractivity contribution >= 4 is 24.0 Å². The summed E-state index contributed by atoms with van der Waals surface area (Å²) in [5, 5.41) is 0.146. The molecule has 0 radical (unpaired) electrons. The lowest BCUT2D eigenvalue weighted by atomic mass is 10.0. The Hall–Kier alpha value is -0.310. The predicted octanol–water partition coefficient (Wildman–Crippen LogP) is 3.70. The monoisotopic (exact) mass is 237 g/mol. The Labute approximate surface area is 94.9 Å². The standard InChI is InChI=1S/C10H13ClFN.ClH/c1-2-3-10(13)7-4-5-8(11)9(12)6-7;/h4-6,10H,2-3,13H2,1H3;1H/t10-;/m1./s1. The van der Waals surface area contributed by atoms with Gasteiger partial charge >= 0.3 is 0 Å². The number of hydrogen-bond acceptors (Lipinski definition) is 1. The van der Waals surface area contributed by atoms with Gasteiger partial charge in [-0.25, -0.2) is 4.39 Å². The van der Waals surface area contributed by atoms with Crippen molar-refractivity contribution in [2.75, 3.05) is 0 Å². The molecule has 0 amide bonds. The molecule has 0 aliphatic carbocycles. The first kappa shape index (κ1) is 13.7. The molecule has 0 aliphatic heterocycles. The molecular formula is C10H14Cl2FN. The van der Waals surface area contributed by atoms with Gasteiger partial charge in [-0.2, -0.15) is 0 Å². The third-order valence-electron chi connectivity index (χ3n) is 1.97. The van der Waals surface area contributed by atoms with Gasteiger partial charge in [-0.15, -0.1) is 12.4 Å². The largest absolute Gasteiger partial charge is 0.324 e. The van der Waals surface area contributed by atoms with Crippen LogP contribution >= 0.6 is 24.0 Å². The van der Waals surface area contributed by atoms with Crippen LogP contribution in [-0.4, -0.2) is 0 Å². The van der Waals surface area contributed by atoms with Crippen molar-refractivity contribution in [3.63, 3.8) is 0 Å². The third-order valence-corrected chi connectivity index (χ3v) is 2.28. The van der Waals surface area contributed by atoms with Gasteiger partial charge in [-0.1, -0.05) is 31.0 Å². The minimum absolute atomic E-state index is 0. The fourth-order valence-corrected chi connectivity index (χ4v) is 1.34. The SMILES string of the molecule is CCC[C@@H](N)c1ccc(Cl)c(F)c1.Cl. The number of benzene rings is 1. The van der Waals surface area contributed by atoms with Crippen LogP contribution < -0.4 is 5.73 Å². The Balaban J connectivity index is 0.00000169. The van der Waals surface area contributed by atoms with Gasteiger partial charge < -0.3 is 5.73 Å². The van der Waals surface area contributed by atoms with Crippen LogP contribution in [0, 0.1) is 5.82 Å². The summed E-state index contributed by atoms with van der Waals surface area (Å²) in [4.78, 5) is 0. The highest BCUT2D eigenvalue weighted by Crippen LogP contribution is 2.21. The van der Waals surface area contributed by atoms with Crippen molar-refractivity contribution < 1.29 is 4.39 Å². The topological polar surface area (TPSA) is 26.0 Å². The van der Waals surface area contributed by atoms with Crippen LogP contribution in [0.2, 0.25) is 5.02 Å². The maximum absolute atomic E-state index is 13.0. The minimum Gasteiger partial charge on any atom is -0.324 e. The molecule has 0 saturated heterocycles. The molecule has 0 aliphatic rings. The van der Waals surface area contributed by atoms with Gasteiger partial charge in [0.25, 0.3) is 0 Å². The Morgan fingerprint density at radius 3 is 2.64 bits per heavy atom. The van der Waals surface area contributed by atoms with E-state index in [4.69, 9.17) is 17.3 Å². The Kier molecular flexibility index (Phi) is 6.09. The fourth-order valence-electron chi connectivity index (χ4n) is 1.22. The highest BCUT2D eigenvalue weighted by molar-refractivity contribution is 6.30. The highest BCUT2D eigenvalue weighted by atomic mass is 35.5. The highest BCUT2D eigenvalue weighted by Gasteiger charge is 2.07. The summed E-state index contributed by atoms with van der Waals surface area (Å²) in [6.07, 6.45) is 1.85. The molecule has 0 fully saturated rings. The third kappa shape index (κ3) is 3.45. The molecule has 0 unspecified atom stereocenters. The summed E-state index contributed by atoms with van der Waals surface area (Å²) in [7, 11) is 0. The summed E-state index contributed by atoms with van der Waals surface area (Å²) in [5.74, 6) is -0.397. The van der Waals surface area contributed by atoms with Gasteiger partial charge in [0.1, 0.15) is 5.82 Å². The maximum Gasteiger partial charge on any atom is 0.142 e. The lowest BCUT2D eigenvalue weighted by Crippen LogP contribution is -2.09. The number of rotatable bonds is 3. The molecule has 0 heterocycles. The molecule has 4 heteroatoms. The van der Waals surface area contributed by atoms with E-state index in [0.717, 1.165) is 18.4 Å². The molecule has 1 nitrogen and oxygen atoms in total. The number of nitrogens with two attached hydrogens (primary N) is 1. The van der Waals surface area contributed by atoms with Crippen LogP contribution in [0.5, 0.6) is 0 Å². The van der Waals surface area contributed by atoms with Crippen molar-refractivity contribution in [3.05, 3.63) is 34.6 Å². The first-order valence-electron chi connectivity index (χ1n) is 4.35. The van der Waals surface area contributed by atoms with Crippen LogP contribution in [0.15, 0.2) is 18.2 Å². The van der Waals surface area contributed by atoms with E-state index in [1.54, 1.807) is 12.1 Å². The molecule has 80 valence electrons. The molecular weight excluding hydrogens is 224 g/mol. The molecule has 1 atom stereocenters. The van der Waals surface area contributed by atoms with Gasteiger partial charge in [0.05, 0.1) is 5.02 Å². The van der Waals surface area contributed by atoms with E-state index in [2.05, 4.69) is 0 Å². The summed E-state index contributed by atoms with van der Waals surface area (Å²) >= 11 is 5.55. The summed E-state index contributed by atoms with van der Waals surface area (Å²) in [6, 6.07) is 4.63. The zero-order chi connectivity index (χ0) is 9.84. The Morgan fingerprint density at radius 1 is 1.50 bits per heavy atom. The van der Waals surface area contributed by atoms with E-state index in [1.165, 1.54) is 6.07 Å². The Morgan fingerprint density at radius 2 is 2.14 bits per heavy atom. The number of halogens is 3. The lowest BCUT2D eigenvalue weighted by Gasteiger charge is -2.10. The molecule has 2 N–H and O–H groups in total. The van der Waals surface area contributed by atoms with Crippen molar-refractivity contribution in [1.82, 2.24) is 0 Å². The van der Waals surface area contributed by atoms with E-state index in [0.29, 0.717) is 0 Å². The average Bonchev–Trinajstić information content (AvgIpc) is 2.10. The van der Waals surface area contributed by atoms with Crippen LogP contribution in [0.4, 0.5) is 4.39 Å². The van der Waals surface area contributed by atoms with Crippen molar-refractivity contribution in [2.45, 2.75) is 25.8 Å². The molecule has 0 saturated carbocycles. The summed E-state index contributed by atoms with van der Waals surface area (Å²) < 4.78 is 13.0. The smallest absolute Gasteiger partial charge is 0.142 e. The first-order chi connectivity index (χ1) is 6.15. The van der Waals surface area contributed by atoms with Gasteiger partial charge in [-0.3, -0.25) is 0 Å². The fraction of sp³-hybridized carbons (Fsp3) is 0.400. The molecule has 14 heavy (non-hydrogen) atoms.